The summed E-state index contributed by atoms with van der Waals surface area (Å²) in [6.45, 7) is 0.674. The van der Waals surface area contributed by atoms with Crippen LogP contribution in [0.4, 0.5) is 0 Å². The van der Waals surface area contributed by atoms with Gasteiger partial charge in [0.15, 0.2) is 14.6 Å². The minimum atomic E-state index is -4.12. The molecule has 1 amide bonds. The van der Waals surface area contributed by atoms with Crippen LogP contribution in [0.25, 0.3) is 0 Å². The summed E-state index contributed by atoms with van der Waals surface area (Å²) in [6.07, 6.45) is 0.733. The van der Waals surface area contributed by atoms with Gasteiger partial charge in [-0.15, -0.1) is 0 Å². The smallest absolute Gasteiger partial charge is 0.265 e. The Morgan fingerprint density at radius 1 is 1.06 bits per heavy atom. The highest BCUT2D eigenvalue weighted by atomic mass is 32.2. The summed E-state index contributed by atoms with van der Waals surface area (Å²) in [5, 5.41) is 9.13. The SMILES string of the molecule is CN(CCc1ccccc1)S(=O)(=O)CCCOc1ccc(S(=O)(=O)C2(C(=O)NO)CCOCC2)cc1. The number of benzene rings is 2. The molecule has 0 bridgehead atoms. The van der Waals surface area contributed by atoms with E-state index in [2.05, 4.69) is 0 Å². The first-order valence-electron chi connectivity index (χ1n) is 11.6. The van der Waals surface area contributed by atoms with E-state index >= 15 is 0 Å². The molecule has 1 heterocycles. The average Bonchev–Trinajstić information content (AvgIpc) is 2.90. The topological polar surface area (TPSA) is 139 Å². The van der Waals surface area contributed by atoms with Gasteiger partial charge in [0.05, 0.1) is 17.3 Å². The maximum Gasteiger partial charge on any atom is 0.265 e. The second-order valence-electron chi connectivity index (χ2n) is 8.60. The van der Waals surface area contributed by atoms with Gasteiger partial charge in [-0.2, -0.15) is 0 Å². The number of sulfone groups is 1. The van der Waals surface area contributed by atoms with Crippen LogP contribution in [-0.4, -0.2) is 76.2 Å². The van der Waals surface area contributed by atoms with Gasteiger partial charge < -0.3 is 9.47 Å². The van der Waals surface area contributed by atoms with Crippen molar-refractivity contribution in [2.45, 2.75) is 35.3 Å². The number of carbonyl (C=O) groups is 1. The molecular formula is C24H32N2O8S2. The first kappa shape index (κ1) is 28.1. The van der Waals surface area contributed by atoms with E-state index in [-0.39, 0.29) is 49.7 Å². The van der Waals surface area contributed by atoms with Crippen LogP contribution in [-0.2, 0) is 35.8 Å². The molecule has 1 fully saturated rings. The summed E-state index contributed by atoms with van der Waals surface area (Å²) in [5.41, 5.74) is 2.55. The Bertz CT molecular complexity index is 1210. The standard InChI is InChI=1S/C24H32N2O8S2/c1-26(15-12-20-6-3-2-4-7-20)35(29,30)19-5-16-34-21-8-10-22(11-9-21)36(31,32)24(23(27)25-28)13-17-33-18-14-24/h2-4,6-11,28H,5,12-19H2,1H3,(H,25,27). The number of nitrogens with zero attached hydrogens (tertiary/aromatic N) is 1. The van der Waals surface area contributed by atoms with Crippen LogP contribution in [0.3, 0.4) is 0 Å². The number of hydroxylamine groups is 1. The highest BCUT2D eigenvalue weighted by Gasteiger charge is 2.52. The van der Waals surface area contributed by atoms with Crippen molar-refractivity contribution >= 4 is 25.8 Å². The first-order valence-corrected chi connectivity index (χ1v) is 14.7. The van der Waals surface area contributed by atoms with Crippen LogP contribution in [0, 0.1) is 0 Å². The van der Waals surface area contributed by atoms with Gasteiger partial charge in [-0.25, -0.2) is 26.6 Å². The summed E-state index contributed by atoms with van der Waals surface area (Å²) < 4.78 is 61.9. The lowest BCUT2D eigenvalue weighted by Gasteiger charge is -2.34. The Kier molecular flexibility index (Phi) is 9.47. The number of hydrogen-bond donors (Lipinski definition) is 2. The molecule has 198 valence electrons. The van der Waals surface area contributed by atoms with Crippen molar-refractivity contribution in [3.8, 4) is 5.75 Å². The quantitative estimate of drug-likeness (QED) is 0.236. The summed E-state index contributed by atoms with van der Waals surface area (Å²) in [5.74, 6) is -0.691. The molecular weight excluding hydrogens is 508 g/mol. The van der Waals surface area contributed by atoms with E-state index in [0.29, 0.717) is 18.7 Å². The second-order valence-corrected chi connectivity index (χ2v) is 13.1. The van der Waals surface area contributed by atoms with E-state index in [1.807, 2.05) is 30.3 Å². The van der Waals surface area contributed by atoms with Crippen molar-refractivity contribution < 1.29 is 36.3 Å². The van der Waals surface area contributed by atoms with Crippen LogP contribution in [0.1, 0.15) is 24.8 Å². The maximum absolute atomic E-state index is 13.3. The summed E-state index contributed by atoms with van der Waals surface area (Å²) in [7, 11) is -6.00. The van der Waals surface area contributed by atoms with Crippen molar-refractivity contribution in [2.75, 3.05) is 39.2 Å². The summed E-state index contributed by atoms with van der Waals surface area (Å²) in [6, 6.07) is 15.2. The zero-order valence-corrected chi connectivity index (χ0v) is 21.8. The second kappa shape index (κ2) is 12.2. The predicted octanol–water partition coefficient (Wildman–Crippen LogP) is 1.79. The lowest BCUT2D eigenvalue weighted by molar-refractivity contribution is -0.134. The minimum Gasteiger partial charge on any atom is -0.494 e. The third-order valence-corrected chi connectivity index (χ3v) is 10.8. The van der Waals surface area contributed by atoms with Crippen LogP contribution < -0.4 is 10.2 Å². The molecule has 3 rings (SSSR count). The maximum atomic E-state index is 13.3. The molecule has 2 N–H and O–H groups in total. The highest BCUT2D eigenvalue weighted by molar-refractivity contribution is 7.93. The molecule has 0 unspecified atom stereocenters. The van der Waals surface area contributed by atoms with E-state index in [1.165, 1.54) is 34.1 Å². The Morgan fingerprint density at radius 3 is 2.31 bits per heavy atom. The fourth-order valence-corrected chi connectivity index (χ4v) is 7.12. The third kappa shape index (κ3) is 6.43. The molecule has 12 heteroatoms. The normalized spacial score (nSPS) is 16.0. The minimum absolute atomic E-state index is 0.0752. The van der Waals surface area contributed by atoms with E-state index in [0.717, 1.165) is 5.56 Å². The van der Waals surface area contributed by atoms with Gasteiger partial charge in [-0.1, -0.05) is 30.3 Å². The molecule has 0 atom stereocenters. The third-order valence-electron chi connectivity index (χ3n) is 6.31. The van der Waals surface area contributed by atoms with Gasteiger partial charge in [0.25, 0.3) is 5.91 Å². The van der Waals surface area contributed by atoms with Gasteiger partial charge in [0.2, 0.25) is 10.0 Å². The lowest BCUT2D eigenvalue weighted by Crippen LogP contribution is -2.54. The number of hydrogen-bond acceptors (Lipinski definition) is 8. The summed E-state index contributed by atoms with van der Waals surface area (Å²) in [4.78, 5) is 12.2. The predicted molar refractivity (Wildman–Crippen MR) is 133 cm³/mol. The fraction of sp³-hybridized carbons (Fsp3) is 0.458. The number of sulfonamides is 1. The Hall–Kier alpha value is -2.51. The largest absolute Gasteiger partial charge is 0.494 e. The van der Waals surface area contributed by atoms with Crippen molar-refractivity contribution in [3.05, 3.63) is 60.2 Å². The van der Waals surface area contributed by atoms with Gasteiger partial charge >= 0.3 is 0 Å². The zero-order valence-electron chi connectivity index (χ0n) is 20.1. The van der Waals surface area contributed by atoms with Gasteiger partial charge in [0.1, 0.15) is 5.75 Å². The molecule has 1 aliphatic heterocycles. The molecule has 0 spiro atoms. The highest BCUT2D eigenvalue weighted by Crippen LogP contribution is 2.35. The van der Waals surface area contributed by atoms with Gasteiger partial charge in [-0.05, 0) is 55.5 Å². The molecule has 10 nitrogen and oxygen atoms in total. The molecule has 1 saturated heterocycles. The van der Waals surface area contributed by atoms with Gasteiger partial charge in [0, 0.05) is 26.8 Å². The number of ether oxygens (including phenoxy) is 2. The van der Waals surface area contributed by atoms with E-state index in [4.69, 9.17) is 14.7 Å². The van der Waals surface area contributed by atoms with E-state index < -0.39 is 30.5 Å². The van der Waals surface area contributed by atoms with Crippen LogP contribution in [0.15, 0.2) is 59.5 Å². The molecule has 2 aromatic carbocycles. The first-order chi connectivity index (χ1) is 17.1. The monoisotopic (exact) mass is 540 g/mol. The Balaban J connectivity index is 1.53. The number of carbonyl (C=O) groups excluding carboxylic acids is 1. The van der Waals surface area contributed by atoms with Crippen LogP contribution in [0.5, 0.6) is 5.75 Å². The van der Waals surface area contributed by atoms with E-state index in [1.54, 1.807) is 7.05 Å². The zero-order chi connectivity index (χ0) is 26.2. The summed E-state index contributed by atoms with van der Waals surface area (Å²) >= 11 is 0. The van der Waals surface area contributed by atoms with Crippen molar-refractivity contribution in [3.63, 3.8) is 0 Å². The molecule has 1 aliphatic rings. The molecule has 0 radical (unpaired) electrons. The molecule has 0 aromatic heterocycles. The van der Waals surface area contributed by atoms with Crippen molar-refractivity contribution in [2.24, 2.45) is 0 Å². The van der Waals surface area contributed by atoms with Gasteiger partial charge in [-0.3, -0.25) is 10.0 Å². The molecule has 36 heavy (non-hydrogen) atoms. The Labute approximate surface area is 212 Å². The van der Waals surface area contributed by atoms with Crippen LogP contribution >= 0.6 is 0 Å². The molecule has 2 aromatic rings. The molecule has 0 aliphatic carbocycles. The number of amides is 1. The fourth-order valence-electron chi connectivity index (χ4n) is 4.02. The average molecular weight is 541 g/mol. The van der Waals surface area contributed by atoms with Crippen molar-refractivity contribution in [1.29, 1.82) is 0 Å². The Morgan fingerprint density at radius 2 is 1.69 bits per heavy atom. The lowest BCUT2D eigenvalue weighted by atomic mass is 9.98. The molecule has 0 saturated carbocycles. The number of rotatable bonds is 12. The van der Waals surface area contributed by atoms with E-state index in [9.17, 15) is 21.6 Å². The van der Waals surface area contributed by atoms with Crippen molar-refractivity contribution in [1.82, 2.24) is 9.79 Å². The number of likely N-dealkylation sites (N-methyl/N-ethyl adjacent to an activating group) is 1. The van der Waals surface area contributed by atoms with Crippen LogP contribution in [0.2, 0.25) is 0 Å². The number of nitrogens with one attached hydrogen (secondary N) is 1.